The first kappa shape index (κ1) is 24.2. The van der Waals surface area contributed by atoms with Crippen LogP contribution in [0.15, 0.2) is 79.0 Å². The van der Waals surface area contributed by atoms with Gasteiger partial charge in [-0.05, 0) is 52.7 Å². The van der Waals surface area contributed by atoms with Gasteiger partial charge in [-0.1, -0.05) is 46.3 Å². The fourth-order valence-electron chi connectivity index (χ4n) is 3.47. The number of alkyl halides is 1. The number of benzene rings is 3. The molecule has 178 valence electrons. The normalized spacial score (nSPS) is 10.6. The molecule has 0 unspecified atom stereocenters. The largest absolute Gasteiger partial charge is 0.493 e. The van der Waals surface area contributed by atoms with Crippen LogP contribution in [0.4, 0.5) is 5.69 Å². The van der Waals surface area contributed by atoms with Gasteiger partial charge in [-0.3, -0.25) is 4.79 Å². The maximum atomic E-state index is 12.5. The number of hydrogen-bond acceptors (Lipinski definition) is 6. The fraction of sp³-hybridized carbons (Fsp3) is 0.148. The molecule has 0 saturated carbocycles. The van der Waals surface area contributed by atoms with Crippen molar-refractivity contribution in [3.63, 3.8) is 0 Å². The Morgan fingerprint density at radius 3 is 2.40 bits per heavy atom. The van der Waals surface area contributed by atoms with Gasteiger partial charge in [-0.25, -0.2) is 9.78 Å². The summed E-state index contributed by atoms with van der Waals surface area (Å²) < 4.78 is 16.3. The third-order valence-corrected chi connectivity index (χ3v) is 5.44. The monoisotopic (exact) mass is 534 g/mol. The molecule has 8 heteroatoms. The Balaban J connectivity index is 1.38. The van der Waals surface area contributed by atoms with Crippen LogP contribution in [0.5, 0.6) is 17.4 Å². The Hall–Kier alpha value is -3.91. The average molecular weight is 535 g/mol. The first-order valence-electron chi connectivity index (χ1n) is 10.9. The fourth-order valence-corrected chi connectivity index (χ4v) is 3.63. The minimum absolute atomic E-state index is 0.0955. The van der Waals surface area contributed by atoms with Crippen LogP contribution in [0.3, 0.4) is 0 Å². The number of ether oxygens (including phenoxy) is 3. The second kappa shape index (κ2) is 11.5. The molecule has 1 heterocycles. The molecule has 0 saturated heterocycles. The molecular weight excluding hydrogens is 512 g/mol. The number of anilines is 1. The first-order chi connectivity index (χ1) is 17.1. The Morgan fingerprint density at radius 1 is 0.943 bits per heavy atom. The molecule has 0 bridgehead atoms. The van der Waals surface area contributed by atoms with Crippen molar-refractivity contribution in [3.05, 3.63) is 90.1 Å². The molecule has 1 aromatic heterocycles. The van der Waals surface area contributed by atoms with E-state index in [1.165, 1.54) is 7.11 Å². The number of halogens is 1. The van der Waals surface area contributed by atoms with Crippen molar-refractivity contribution in [2.75, 3.05) is 24.4 Å². The van der Waals surface area contributed by atoms with Crippen LogP contribution in [-0.4, -0.2) is 35.9 Å². The van der Waals surface area contributed by atoms with E-state index in [9.17, 15) is 9.59 Å². The van der Waals surface area contributed by atoms with E-state index in [2.05, 4.69) is 26.2 Å². The quantitative estimate of drug-likeness (QED) is 0.216. The minimum atomic E-state index is -0.513. The average Bonchev–Trinajstić information content (AvgIpc) is 2.88. The van der Waals surface area contributed by atoms with E-state index in [0.29, 0.717) is 35.1 Å². The molecule has 7 nitrogen and oxygen atoms in total. The number of carbonyl (C=O) groups is 2. The van der Waals surface area contributed by atoms with Gasteiger partial charge in [-0.15, -0.1) is 0 Å². The topological polar surface area (TPSA) is 86.8 Å². The maximum Gasteiger partial charge on any atom is 0.339 e. The second-order valence-electron chi connectivity index (χ2n) is 7.58. The summed E-state index contributed by atoms with van der Waals surface area (Å²) in [7, 11) is 1.30. The van der Waals surface area contributed by atoms with Crippen LogP contribution in [0.25, 0.3) is 10.8 Å². The predicted octanol–water partition coefficient (Wildman–Crippen LogP) is 5.77. The van der Waals surface area contributed by atoms with Gasteiger partial charge >= 0.3 is 5.97 Å². The SMILES string of the molecule is COC(=O)c1ccccc1NC(=O)Cc1ccc(Oc2ccc3cc(OCCBr)ccc3c2)nc1. The van der Waals surface area contributed by atoms with Crippen molar-refractivity contribution < 1.29 is 23.8 Å². The number of nitrogens with one attached hydrogen (secondary N) is 1. The lowest BCUT2D eigenvalue weighted by Gasteiger charge is -2.10. The Morgan fingerprint density at radius 2 is 1.69 bits per heavy atom. The Kier molecular flexibility index (Phi) is 7.95. The number of methoxy groups -OCH3 is 1. The third-order valence-electron chi connectivity index (χ3n) is 5.12. The van der Waals surface area contributed by atoms with Crippen LogP contribution >= 0.6 is 15.9 Å². The summed E-state index contributed by atoms with van der Waals surface area (Å²) in [6, 6.07) is 21.9. The zero-order chi connectivity index (χ0) is 24.6. The standard InChI is InChI=1S/C27H23BrN2O5/c1-33-27(32)23-4-2-3-5-24(23)30-25(31)14-18-6-11-26(29-17-18)35-22-10-8-19-15-21(34-13-12-28)9-7-20(19)16-22/h2-11,15-17H,12-14H2,1H3,(H,30,31). The number of aromatic nitrogens is 1. The van der Waals surface area contributed by atoms with Gasteiger partial charge in [0, 0.05) is 17.6 Å². The molecule has 1 amide bonds. The Labute approximate surface area is 211 Å². The van der Waals surface area contributed by atoms with Gasteiger partial charge in [-0.2, -0.15) is 0 Å². The summed E-state index contributed by atoms with van der Waals surface area (Å²) in [5.41, 5.74) is 1.40. The third kappa shape index (κ3) is 6.36. The Bertz CT molecular complexity index is 1340. The van der Waals surface area contributed by atoms with E-state index >= 15 is 0 Å². The van der Waals surface area contributed by atoms with Gasteiger partial charge in [0.2, 0.25) is 11.8 Å². The molecule has 4 rings (SSSR count). The highest BCUT2D eigenvalue weighted by Gasteiger charge is 2.14. The number of fused-ring (bicyclic) bond motifs is 1. The van der Waals surface area contributed by atoms with Gasteiger partial charge in [0.15, 0.2) is 0 Å². The zero-order valence-corrected chi connectivity index (χ0v) is 20.6. The van der Waals surface area contributed by atoms with E-state index in [4.69, 9.17) is 14.2 Å². The van der Waals surface area contributed by atoms with Crippen molar-refractivity contribution in [1.82, 2.24) is 4.98 Å². The number of pyridine rings is 1. The van der Waals surface area contributed by atoms with Crippen molar-refractivity contribution >= 4 is 44.3 Å². The summed E-state index contributed by atoms with van der Waals surface area (Å²) in [6.07, 6.45) is 1.69. The smallest absolute Gasteiger partial charge is 0.339 e. The summed E-state index contributed by atoms with van der Waals surface area (Å²) in [6.45, 7) is 0.608. The molecule has 35 heavy (non-hydrogen) atoms. The van der Waals surface area contributed by atoms with Crippen LogP contribution < -0.4 is 14.8 Å². The van der Waals surface area contributed by atoms with E-state index in [-0.39, 0.29) is 12.3 Å². The minimum Gasteiger partial charge on any atom is -0.493 e. The molecule has 3 aromatic carbocycles. The number of esters is 1. The molecule has 1 N–H and O–H groups in total. The molecule has 4 aromatic rings. The molecule has 0 atom stereocenters. The van der Waals surface area contributed by atoms with E-state index in [1.54, 1.807) is 42.6 Å². The van der Waals surface area contributed by atoms with Crippen LogP contribution in [-0.2, 0) is 16.0 Å². The zero-order valence-electron chi connectivity index (χ0n) is 19.0. The summed E-state index contributed by atoms with van der Waals surface area (Å²) in [5, 5.41) is 5.60. The van der Waals surface area contributed by atoms with Crippen molar-refractivity contribution in [2.24, 2.45) is 0 Å². The first-order valence-corrected chi connectivity index (χ1v) is 12.0. The van der Waals surface area contributed by atoms with E-state index in [1.807, 2.05) is 36.4 Å². The predicted molar refractivity (Wildman–Crippen MR) is 138 cm³/mol. The van der Waals surface area contributed by atoms with Crippen molar-refractivity contribution in [3.8, 4) is 17.4 Å². The van der Waals surface area contributed by atoms with E-state index in [0.717, 1.165) is 21.9 Å². The van der Waals surface area contributed by atoms with Gasteiger partial charge in [0.05, 0.1) is 31.4 Å². The van der Waals surface area contributed by atoms with Crippen LogP contribution in [0, 0.1) is 0 Å². The molecule has 0 fully saturated rings. The number of carbonyl (C=O) groups excluding carboxylic acids is 2. The number of para-hydroxylation sites is 1. The van der Waals surface area contributed by atoms with E-state index < -0.39 is 5.97 Å². The van der Waals surface area contributed by atoms with Gasteiger partial charge in [0.1, 0.15) is 11.5 Å². The number of hydrogen-bond donors (Lipinski definition) is 1. The summed E-state index contributed by atoms with van der Waals surface area (Å²) >= 11 is 3.35. The number of nitrogens with zero attached hydrogens (tertiary/aromatic N) is 1. The van der Waals surface area contributed by atoms with Crippen LogP contribution in [0.2, 0.25) is 0 Å². The highest BCUT2D eigenvalue weighted by atomic mass is 79.9. The second-order valence-corrected chi connectivity index (χ2v) is 8.37. The summed E-state index contributed by atoms with van der Waals surface area (Å²) in [5.74, 6) is 1.11. The van der Waals surface area contributed by atoms with Crippen molar-refractivity contribution in [1.29, 1.82) is 0 Å². The maximum absolute atomic E-state index is 12.5. The molecule has 0 aliphatic heterocycles. The molecule has 0 aliphatic rings. The molecule has 0 radical (unpaired) electrons. The lowest BCUT2D eigenvalue weighted by Crippen LogP contribution is -2.17. The van der Waals surface area contributed by atoms with Gasteiger partial charge in [0.25, 0.3) is 0 Å². The van der Waals surface area contributed by atoms with Gasteiger partial charge < -0.3 is 19.5 Å². The lowest BCUT2D eigenvalue weighted by molar-refractivity contribution is -0.115. The highest BCUT2D eigenvalue weighted by Crippen LogP contribution is 2.27. The van der Waals surface area contributed by atoms with Crippen molar-refractivity contribution in [2.45, 2.75) is 6.42 Å². The molecule has 0 spiro atoms. The highest BCUT2D eigenvalue weighted by molar-refractivity contribution is 9.09. The molecular formula is C27H23BrN2O5. The summed E-state index contributed by atoms with van der Waals surface area (Å²) in [4.78, 5) is 28.7. The number of amides is 1. The van der Waals surface area contributed by atoms with Crippen LogP contribution in [0.1, 0.15) is 15.9 Å². The number of rotatable bonds is 9. The lowest BCUT2D eigenvalue weighted by atomic mass is 10.1. The molecule has 0 aliphatic carbocycles.